The van der Waals surface area contributed by atoms with Gasteiger partial charge >= 0.3 is 0 Å². The Morgan fingerprint density at radius 3 is 2.89 bits per heavy atom. The Labute approximate surface area is 118 Å². The molecule has 0 amide bonds. The Morgan fingerprint density at radius 2 is 2.16 bits per heavy atom. The highest BCUT2D eigenvalue weighted by atomic mass is 32.1. The van der Waals surface area contributed by atoms with E-state index in [0.29, 0.717) is 0 Å². The topological polar surface area (TPSA) is 23.5 Å². The smallest absolute Gasteiger partial charge is 0.105 e. The van der Waals surface area contributed by atoms with Crippen molar-refractivity contribution in [1.82, 2.24) is 0 Å². The number of hydrogen-bond acceptors (Lipinski definition) is 3. The average molecular weight is 273 g/mol. The number of hydrogen-bond donors (Lipinski definition) is 1. The van der Waals surface area contributed by atoms with E-state index in [4.69, 9.17) is 0 Å². The fourth-order valence-corrected chi connectivity index (χ4v) is 3.57. The van der Waals surface area contributed by atoms with E-state index in [1.54, 1.807) is 11.3 Å². The fraction of sp³-hybridized carbons (Fsp3) is 0.375. The van der Waals surface area contributed by atoms with E-state index in [2.05, 4.69) is 37.1 Å². The minimum absolute atomic E-state index is 0.496. The number of aryl methyl sites for hydroxylation is 2. The Hall–Kier alpha value is -1.32. The second kappa shape index (κ2) is 4.99. The molecule has 0 fully saturated rings. The van der Waals surface area contributed by atoms with Gasteiger partial charge in [0.1, 0.15) is 6.10 Å². The predicted octanol–water partition coefficient (Wildman–Crippen LogP) is 3.52. The van der Waals surface area contributed by atoms with E-state index in [-0.39, 0.29) is 0 Å². The molecule has 3 rings (SSSR count). The zero-order chi connectivity index (χ0) is 13.4. The first-order valence-corrected chi connectivity index (χ1v) is 7.61. The molecule has 1 unspecified atom stereocenters. The molecule has 2 heterocycles. The lowest BCUT2D eigenvalue weighted by Gasteiger charge is -2.28. The molecule has 1 aliphatic heterocycles. The number of aliphatic hydroxyl groups excluding tert-OH is 1. The van der Waals surface area contributed by atoms with E-state index in [9.17, 15) is 5.11 Å². The molecule has 1 aromatic heterocycles. The molecule has 3 heteroatoms. The molecule has 2 aromatic rings. The number of aliphatic hydroxyl groups is 1. The summed E-state index contributed by atoms with van der Waals surface area (Å²) in [6, 6.07) is 8.40. The van der Waals surface area contributed by atoms with Crippen molar-refractivity contribution in [2.75, 3.05) is 18.5 Å². The summed E-state index contributed by atoms with van der Waals surface area (Å²) in [5.74, 6) is 0. The van der Waals surface area contributed by atoms with Crippen molar-refractivity contribution in [2.24, 2.45) is 0 Å². The van der Waals surface area contributed by atoms with E-state index in [0.717, 1.165) is 24.1 Å². The standard InChI is InChI=1S/C16H19NOS/c1-11-14(7-9-19-11)16(18)13-5-6-15-12(10-13)4-3-8-17(15)2/h5-7,9-10,16,18H,3-4,8H2,1-2H3. The van der Waals surface area contributed by atoms with Gasteiger partial charge in [0, 0.05) is 24.2 Å². The first-order chi connectivity index (χ1) is 9.16. The van der Waals surface area contributed by atoms with Crippen LogP contribution in [0.4, 0.5) is 5.69 Å². The first kappa shape index (κ1) is 12.7. The van der Waals surface area contributed by atoms with Crippen LogP contribution in [0.15, 0.2) is 29.6 Å². The van der Waals surface area contributed by atoms with Crippen LogP contribution in [-0.2, 0) is 6.42 Å². The largest absolute Gasteiger partial charge is 0.384 e. The van der Waals surface area contributed by atoms with Gasteiger partial charge < -0.3 is 10.0 Å². The highest BCUT2D eigenvalue weighted by Gasteiger charge is 2.18. The Morgan fingerprint density at radius 1 is 1.32 bits per heavy atom. The van der Waals surface area contributed by atoms with Crippen LogP contribution < -0.4 is 4.90 Å². The number of thiophene rings is 1. The quantitative estimate of drug-likeness (QED) is 0.905. The molecule has 100 valence electrons. The molecular weight excluding hydrogens is 254 g/mol. The van der Waals surface area contributed by atoms with Crippen molar-refractivity contribution in [3.05, 3.63) is 51.2 Å². The van der Waals surface area contributed by atoms with Crippen LogP contribution in [0.3, 0.4) is 0 Å². The van der Waals surface area contributed by atoms with Gasteiger partial charge in [0.05, 0.1) is 0 Å². The molecule has 0 saturated carbocycles. The first-order valence-electron chi connectivity index (χ1n) is 6.73. The van der Waals surface area contributed by atoms with Crippen LogP contribution in [0, 0.1) is 6.92 Å². The van der Waals surface area contributed by atoms with Crippen LogP contribution in [0.25, 0.3) is 0 Å². The lowest BCUT2D eigenvalue weighted by Crippen LogP contribution is -2.24. The fourth-order valence-electron chi connectivity index (χ4n) is 2.83. The summed E-state index contributed by atoms with van der Waals surface area (Å²) in [6.45, 7) is 3.19. The normalized spacial score (nSPS) is 16.3. The molecular formula is C16H19NOS. The van der Waals surface area contributed by atoms with Crippen molar-refractivity contribution < 1.29 is 5.11 Å². The monoisotopic (exact) mass is 273 g/mol. The molecule has 0 bridgehead atoms. The molecule has 0 radical (unpaired) electrons. The van der Waals surface area contributed by atoms with Crippen LogP contribution in [0.5, 0.6) is 0 Å². The summed E-state index contributed by atoms with van der Waals surface area (Å²) in [5, 5.41) is 12.6. The molecule has 1 atom stereocenters. The van der Waals surface area contributed by atoms with Crippen LogP contribution in [0.2, 0.25) is 0 Å². The molecule has 0 spiro atoms. The van der Waals surface area contributed by atoms with Crippen molar-refractivity contribution in [2.45, 2.75) is 25.9 Å². The number of nitrogens with zero attached hydrogens (tertiary/aromatic N) is 1. The third-order valence-electron chi connectivity index (χ3n) is 3.96. The molecule has 0 aliphatic carbocycles. The maximum atomic E-state index is 10.5. The zero-order valence-electron chi connectivity index (χ0n) is 11.4. The maximum absolute atomic E-state index is 10.5. The summed E-state index contributed by atoms with van der Waals surface area (Å²) >= 11 is 1.69. The average Bonchev–Trinajstić information content (AvgIpc) is 2.84. The van der Waals surface area contributed by atoms with Crippen LogP contribution in [0.1, 0.15) is 34.1 Å². The van der Waals surface area contributed by atoms with Crippen molar-refractivity contribution in [1.29, 1.82) is 0 Å². The summed E-state index contributed by atoms with van der Waals surface area (Å²) in [5.41, 5.74) is 4.71. The lowest BCUT2D eigenvalue weighted by molar-refractivity contribution is 0.220. The van der Waals surface area contributed by atoms with Crippen molar-refractivity contribution in [3.63, 3.8) is 0 Å². The van der Waals surface area contributed by atoms with Gasteiger partial charge in [0.2, 0.25) is 0 Å². The molecule has 19 heavy (non-hydrogen) atoms. The Bertz CT molecular complexity index is 590. The van der Waals surface area contributed by atoms with Gasteiger partial charge in [-0.1, -0.05) is 12.1 Å². The van der Waals surface area contributed by atoms with Crippen molar-refractivity contribution in [3.8, 4) is 0 Å². The second-order valence-electron chi connectivity index (χ2n) is 5.25. The molecule has 1 N–H and O–H groups in total. The van der Waals surface area contributed by atoms with Gasteiger partial charge in [0.25, 0.3) is 0 Å². The van der Waals surface area contributed by atoms with E-state index >= 15 is 0 Å². The third kappa shape index (κ3) is 2.28. The number of rotatable bonds is 2. The summed E-state index contributed by atoms with van der Waals surface area (Å²) in [4.78, 5) is 3.49. The van der Waals surface area contributed by atoms with Crippen molar-refractivity contribution >= 4 is 17.0 Å². The van der Waals surface area contributed by atoms with Gasteiger partial charge in [-0.05, 0) is 54.0 Å². The third-order valence-corrected chi connectivity index (χ3v) is 4.83. The SMILES string of the molecule is Cc1sccc1C(O)c1ccc2c(c1)CCCN2C. The second-order valence-corrected chi connectivity index (χ2v) is 6.37. The summed E-state index contributed by atoms with van der Waals surface area (Å²) in [7, 11) is 2.14. The maximum Gasteiger partial charge on any atom is 0.105 e. The molecule has 2 nitrogen and oxygen atoms in total. The summed E-state index contributed by atoms with van der Waals surface area (Å²) in [6.07, 6.45) is 1.81. The van der Waals surface area contributed by atoms with E-state index < -0.39 is 6.10 Å². The van der Waals surface area contributed by atoms with Crippen LogP contribution in [-0.4, -0.2) is 18.7 Å². The number of benzene rings is 1. The van der Waals surface area contributed by atoms with Gasteiger partial charge in [0.15, 0.2) is 0 Å². The summed E-state index contributed by atoms with van der Waals surface area (Å²) < 4.78 is 0. The van der Waals surface area contributed by atoms with Crippen LogP contribution >= 0.6 is 11.3 Å². The van der Waals surface area contributed by atoms with E-state index in [1.807, 2.05) is 11.4 Å². The number of fused-ring (bicyclic) bond motifs is 1. The van der Waals surface area contributed by atoms with E-state index in [1.165, 1.54) is 22.5 Å². The minimum atomic E-state index is -0.496. The van der Waals surface area contributed by atoms with Gasteiger partial charge in [-0.3, -0.25) is 0 Å². The molecule has 1 aliphatic rings. The number of anilines is 1. The van der Waals surface area contributed by atoms with Gasteiger partial charge in [-0.25, -0.2) is 0 Å². The Kier molecular flexibility index (Phi) is 3.33. The zero-order valence-corrected chi connectivity index (χ0v) is 12.2. The molecule has 0 saturated heterocycles. The highest BCUT2D eigenvalue weighted by molar-refractivity contribution is 7.10. The predicted molar refractivity (Wildman–Crippen MR) is 81.2 cm³/mol. The minimum Gasteiger partial charge on any atom is -0.384 e. The molecule has 1 aromatic carbocycles. The highest BCUT2D eigenvalue weighted by Crippen LogP contribution is 2.32. The lowest BCUT2D eigenvalue weighted by atomic mass is 9.95. The Balaban J connectivity index is 1.96. The van der Waals surface area contributed by atoms with Gasteiger partial charge in [-0.15, -0.1) is 11.3 Å². The van der Waals surface area contributed by atoms with Gasteiger partial charge in [-0.2, -0.15) is 0 Å².